The number of benzene rings is 1. The molecule has 1 fully saturated rings. The molecule has 2 aromatic rings. The number of nitrogens with one attached hydrogen (secondary N) is 1. The lowest BCUT2D eigenvalue weighted by Gasteiger charge is -2.29. The first kappa shape index (κ1) is 11.7. The maximum Gasteiger partial charge on any atom is 0.0683 e. The molecule has 1 saturated carbocycles. The standard InChI is InChI=1S/C14H19N3O/c1-14(10-18,16-12-6-7-12)9-17-13-5-3-2-4-11(13)8-15-17/h2-5,8,12,16,18H,6-7,9-10H2,1H3. The molecule has 4 nitrogen and oxygen atoms in total. The Kier molecular flexibility index (Phi) is 2.84. The van der Waals surface area contributed by atoms with E-state index < -0.39 is 0 Å². The molecule has 0 radical (unpaired) electrons. The summed E-state index contributed by atoms with van der Waals surface area (Å²) in [6.07, 6.45) is 4.31. The van der Waals surface area contributed by atoms with Gasteiger partial charge in [0.25, 0.3) is 0 Å². The Hall–Kier alpha value is -1.39. The summed E-state index contributed by atoms with van der Waals surface area (Å²) in [5, 5.41) is 18.7. The SMILES string of the molecule is CC(CO)(Cn1ncc2ccccc21)NC1CC1. The highest BCUT2D eigenvalue weighted by Gasteiger charge is 2.32. The van der Waals surface area contributed by atoms with Crippen molar-refractivity contribution < 1.29 is 5.11 Å². The van der Waals surface area contributed by atoms with Gasteiger partial charge in [-0.1, -0.05) is 18.2 Å². The van der Waals surface area contributed by atoms with Crippen molar-refractivity contribution in [3.05, 3.63) is 30.5 Å². The van der Waals surface area contributed by atoms with Gasteiger partial charge in [0, 0.05) is 11.4 Å². The normalized spacial score (nSPS) is 19.0. The third kappa shape index (κ3) is 2.26. The number of nitrogens with zero attached hydrogens (tertiary/aromatic N) is 2. The Balaban J connectivity index is 1.85. The molecular formula is C14H19N3O. The van der Waals surface area contributed by atoms with Gasteiger partial charge in [-0.15, -0.1) is 0 Å². The fourth-order valence-corrected chi connectivity index (χ4v) is 2.34. The maximum atomic E-state index is 9.63. The van der Waals surface area contributed by atoms with E-state index in [1.54, 1.807) is 0 Å². The first-order chi connectivity index (χ1) is 8.70. The molecule has 1 unspecified atom stereocenters. The van der Waals surface area contributed by atoms with Crippen LogP contribution in [0.25, 0.3) is 10.9 Å². The highest BCUT2D eigenvalue weighted by atomic mass is 16.3. The quantitative estimate of drug-likeness (QED) is 0.840. The van der Waals surface area contributed by atoms with Crippen LogP contribution >= 0.6 is 0 Å². The van der Waals surface area contributed by atoms with Gasteiger partial charge < -0.3 is 10.4 Å². The van der Waals surface area contributed by atoms with Gasteiger partial charge in [-0.05, 0) is 25.8 Å². The van der Waals surface area contributed by atoms with Crippen LogP contribution in [0.3, 0.4) is 0 Å². The predicted molar refractivity (Wildman–Crippen MR) is 71.4 cm³/mol. The van der Waals surface area contributed by atoms with Crippen molar-refractivity contribution in [2.45, 2.75) is 37.9 Å². The van der Waals surface area contributed by atoms with Gasteiger partial charge in [0.2, 0.25) is 0 Å². The van der Waals surface area contributed by atoms with Crippen molar-refractivity contribution in [2.24, 2.45) is 0 Å². The summed E-state index contributed by atoms with van der Waals surface area (Å²) in [4.78, 5) is 0. The molecule has 0 amide bonds. The third-order valence-electron chi connectivity index (χ3n) is 3.53. The van der Waals surface area contributed by atoms with Crippen molar-refractivity contribution >= 4 is 10.9 Å². The summed E-state index contributed by atoms with van der Waals surface area (Å²) in [7, 11) is 0. The number of aliphatic hydroxyl groups is 1. The molecule has 0 bridgehead atoms. The van der Waals surface area contributed by atoms with E-state index in [9.17, 15) is 5.11 Å². The topological polar surface area (TPSA) is 50.1 Å². The maximum absolute atomic E-state index is 9.63. The summed E-state index contributed by atoms with van der Waals surface area (Å²) < 4.78 is 1.97. The fourth-order valence-electron chi connectivity index (χ4n) is 2.34. The largest absolute Gasteiger partial charge is 0.394 e. The van der Waals surface area contributed by atoms with Gasteiger partial charge in [-0.2, -0.15) is 5.10 Å². The van der Waals surface area contributed by atoms with Crippen LogP contribution < -0.4 is 5.32 Å². The average molecular weight is 245 g/mol. The number of aromatic nitrogens is 2. The molecule has 1 aliphatic rings. The lowest BCUT2D eigenvalue weighted by Crippen LogP contribution is -2.50. The second-order valence-corrected chi connectivity index (χ2v) is 5.50. The molecule has 0 spiro atoms. The second kappa shape index (κ2) is 4.37. The average Bonchev–Trinajstić information content (AvgIpc) is 3.10. The predicted octanol–water partition coefficient (Wildman–Crippen LogP) is 1.54. The molecule has 1 heterocycles. The molecule has 1 aromatic heterocycles. The minimum absolute atomic E-state index is 0.123. The molecule has 2 N–H and O–H groups in total. The van der Waals surface area contributed by atoms with Crippen LogP contribution in [0.5, 0.6) is 0 Å². The van der Waals surface area contributed by atoms with Gasteiger partial charge in [-0.25, -0.2) is 0 Å². The Labute approximate surface area is 107 Å². The van der Waals surface area contributed by atoms with Crippen LogP contribution in [-0.4, -0.2) is 33.1 Å². The Bertz CT molecular complexity index is 547. The van der Waals surface area contributed by atoms with Crippen LogP contribution in [0.2, 0.25) is 0 Å². The summed E-state index contributed by atoms with van der Waals surface area (Å²) in [5.74, 6) is 0. The number of fused-ring (bicyclic) bond motifs is 1. The van der Waals surface area contributed by atoms with E-state index in [0.29, 0.717) is 12.6 Å². The van der Waals surface area contributed by atoms with E-state index in [2.05, 4.69) is 29.5 Å². The lowest BCUT2D eigenvalue weighted by molar-refractivity contribution is 0.153. The first-order valence-corrected chi connectivity index (χ1v) is 6.49. The molecule has 3 rings (SSSR count). The molecule has 0 aliphatic heterocycles. The number of rotatable bonds is 5. The monoisotopic (exact) mass is 245 g/mol. The smallest absolute Gasteiger partial charge is 0.0683 e. The summed E-state index contributed by atoms with van der Waals surface area (Å²) in [6.45, 7) is 2.87. The molecular weight excluding hydrogens is 226 g/mol. The minimum atomic E-state index is -0.296. The van der Waals surface area contributed by atoms with E-state index in [4.69, 9.17) is 0 Å². The second-order valence-electron chi connectivity index (χ2n) is 5.50. The highest BCUT2D eigenvalue weighted by molar-refractivity contribution is 5.78. The van der Waals surface area contributed by atoms with Crippen LogP contribution in [0, 0.1) is 0 Å². The Morgan fingerprint density at radius 3 is 2.94 bits per heavy atom. The van der Waals surface area contributed by atoms with Crippen LogP contribution in [-0.2, 0) is 6.54 Å². The fraction of sp³-hybridized carbons (Fsp3) is 0.500. The number of para-hydroxylation sites is 1. The van der Waals surface area contributed by atoms with Gasteiger partial charge in [0.1, 0.15) is 0 Å². The molecule has 1 aliphatic carbocycles. The lowest BCUT2D eigenvalue weighted by atomic mass is 10.0. The number of hydrogen-bond donors (Lipinski definition) is 2. The molecule has 1 atom stereocenters. The number of hydrogen-bond acceptors (Lipinski definition) is 3. The highest BCUT2D eigenvalue weighted by Crippen LogP contribution is 2.24. The van der Waals surface area contributed by atoms with Gasteiger partial charge in [0.15, 0.2) is 0 Å². The van der Waals surface area contributed by atoms with E-state index in [0.717, 1.165) is 10.9 Å². The van der Waals surface area contributed by atoms with Crippen molar-refractivity contribution in [1.82, 2.24) is 15.1 Å². The van der Waals surface area contributed by atoms with Crippen molar-refractivity contribution in [3.63, 3.8) is 0 Å². The van der Waals surface area contributed by atoms with Crippen molar-refractivity contribution in [2.75, 3.05) is 6.61 Å². The van der Waals surface area contributed by atoms with Crippen LogP contribution in [0.4, 0.5) is 0 Å². The van der Waals surface area contributed by atoms with Crippen LogP contribution in [0.15, 0.2) is 30.5 Å². The van der Waals surface area contributed by atoms with Crippen molar-refractivity contribution in [3.8, 4) is 0 Å². The number of aliphatic hydroxyl groups excluding tert-OH is 1. The van der Waals surface area contributed by atoms with Crippen LogP contribution in [0.1, 0.15) is 19.8 Å². The Morgan fingerprint density at radius 1 is 1.44 bits per heavy atom. The van der Waals surface area contributed by atoms with E-state index in [1.165, 1.54) is 12.8 Å². The Morgan fingerprint density at radius 2 is 2.22 bits per heavy atom. The summed E-state index contributed by atoms with van der Waals surface area (Å²) in [6, 6.07) is 8.73. The van der Waals surface area contributed by atoms with Gasteiger partial charge in [-0.3, -0.25) is 4.68 Å². The molecule has 1 aromatic carbocycles. The minimum Gasteiger partial charge on any atom is -0.394 e. The van der Waals surface area contributed by atoms with E-state index in [1.807, 2.05) is 23.0 Å². The van der Waals surface area contributed by atoms with Gasteiger partial charge >= 0.3 is 0 Å². The van der Waals surface area contributed by atoms with Gasteiger partial charge in [0.05, 0.1) is 30.4 Å². The summed E-state index contributed by atoms with van der Waals surface area (Å²) in [5.41, 5.74) is 0.824. The molecule has 96 valence electrons. The molecule has 0 saturated heterocycles. The summed E-state index contributed by atoms with van der Waals surface area (Å²) >= 11 is 0. The first-order valence-electron chi connectivity index (χ1n) is 6.49. The van der Waals surface area contributed by atoms with E-state index >= 15 is 0 Å². The zero-order chi connectivity index (χ0) is 12.6. The zero-order valence-electron chi connectivity index (χ0n) is 10.6. The molecule has 18 heavy (non-hydrogen) atoms. The van der Waals surface area contributed by atoms with E-state index in [-0.39, 0.29) is 12.1 Å². The zero-order valence-corrected chi connectivity index (χ0v) is 10.6. The molecule has 4 heteroatoms. The van der Waals surface area contributed by atoms with Crippen molar-refractivity contribution in [1.29, 1.82) is 0 Å². The third-order valence-corrected chi connectivity index (χ3v) is 3.53.